The van der Waals surface area contributed by atoms with Crippen LogP contribution in [0.15, 0.2) is 0 Å². The van der Waals surface area contributed by atoms with Crippen LogP contribution in [0, 0.1) is 22.0 Å². The summed E-state index contributed by atoms with van der Waals surface area (Å²) in [4.78, 5) is 37.4. The van der Waals surface area contributed by atoms with Crippen molar-refractivity contribution in [2.45, 2.75) is 51.0 Å². The largest absolute Gasteiger partial charge is 0.354 e. The third kappa shape index (κ3) is 6.54. The summed E-state index contributed by atoms with van der Waals surface area (Å²) in [6.07, 6.45) is 7.26. The first-order valence-corrected chi connectivity index (χ1v) is 9.51. The molecule has 0 aromatic carbocycles. The standard InChI is InChI=1S/C15H25N3O5S/c19-14(13-10-24-15(20)17-13)16-9-12-6-4-11(5-7-12)3-1-2-8-23-18(21)22/h11-13H,1-10H2,(H,16,19)(H,17,20)/t11?,12?,13-/m0/s1. The van der Waals surface area contributed by atoms with Crippen LogP contribution in [0.1, 0.15) is 44.9 Å². The highest BCUT2D eigenvalue weighted by Gasteiger charge is 2.28. The molecule has 0 radical (unpaired) electrons. The number of rotatable bonds is 9. The molecule has 0 aromatic rings. The van der Waals surface area contributed by atoms with Crippen molar-refractivity contribution in [3.63, 3.8) is 0 Å². The van der Waals surface area contributed by atoms with Gasteiger partial charge in [-0.2, -0.15) is 0 Å². The molecule has 1 aliphatic heterocycles. The second-order valence-electron chi connectivity index (χ2n) is 6.48. The molecule has 0 bridgehead atoms. The first-order chi connectivity index (χ1) is 11.5. The van der Waals surface area contributed by atoms with E-state index in [-0.39, 0.29) is 23.8 Å². The lowest BCUT2D eigenvalue weighted by Gasteiger charge is -2.29. The Balaban J connectivity index is 1.52. The van der Waals surface area contributed by atoms with E-state index in [9.17, 15) is 19.7 Å². The molecular formula is C15H25N3O5S. The monoisotopic (exact) mass is 359 g/mol. The lowest BCUT2D eigenvalue weighted by Crippen LogP contribution is -2.44. The van der Waals surface area contributed by atoms with Crippen molar-refractivity contribution in [2.75, 3.05) is 18.9 Å². The molecule has 2 amide bonds. The Morgan fingerprint density at radius 1 is 1.29 bits per heavy atom. The molecule has 0 spiro atoms. The summed E-state index contributed by atoms with van der Waals surface area (Å²) in [6, 6.07) is -0.389. The number of carbonyl (C=O) groups excluding carboxylic acids is 2. The quantitative estimate of drug-likeness (QED) is 0.371. The van der Waals surface area contributed by atoms with Gasteiger partial charge >= 0.3 is 0 Å². The van der Waals surface area contributed by atoms with Crippen LogP contribution in [0.5, 0.6) is 0 Å². The predicted molar refractivity (Wildman–Crippen MR) is 90.0 cm³/mol. The van der Waals surface area contributed by atoms with Gasteiger partial charge in [-0.1, -0.05) is 37.4 Å². The SMILES string of the molecule is O=C1N[C@H](C(=O)NCC2CCC(CCCCO[N+](=O)[O-])CC2)CS1. The number of amides is 2. The van der Waals surface area contributed by atoms with Gasteiger partial charge < -0.3 is 15.5 Å². The van der Waals surface area contributed by atoms with Gasteiger partial charge in [-0.25, -0.2) is 0 Å². The first-order valence-electron chi connectivity index (χ1n) is 8.53. The highest BCUT2D eigenvalue weighted by molar-refractivity contribution is 8.14. The fourth-order valence-electron chi connectivity index (χ4n) is 3.29. The van der Waals surface area contributed by atoms with Crippen LogP contribution in [0.4, 0.5) is 4.79 Å². The average molecular weight is 359 g/mol. The van der Waals surface area contributed by atoms with E-state index < -0.39 is 5.09 Å². The minimum atomic E-state index is -0.741. The van der Waals surface area contributed by atoms with Crippen molar-refractivity contribution in [3.05, 3.63) is 10.1 Å². The van der Waals surface area contributed by atoms with E-state index in [4.69, 9.17) is 0 Å². The number of hydrogen-bond donors (Lipinski definition) is 2. The van der Waals surface area contributed by atoms with Crippen molar-refractivity contribution in [3.8, 4) is 0 Å². The van der Waals surface area contributed by atoms with Crippen LogP contribution in [0.2, 0.25) is 0 Å². The molecule has 2 rings (SSSR count). The van der Waals surface area contributed by atoms with Gasteiger partial charge in [0.15, 0.2) is 0 Å². The van der Waals surface area contributed by atoms with Crippen LogP contribution >= 0.6 is 11.8 Å². The topological polar surface area (TPSA) is 111 Å². The Morgan fingerprint density at radius 3 is 2.62 bits per heavy atom. The molecule has 24 heavy (non-hydrogen) atoms. The van der Waals surface area contributed by atoms with Gasteiger partial charge in [-0.3, -0.25) is 9.59 Å². The van der Waals surface area contributed by atoms with Gasteiger partial charge in [-0.15, -0.1) is 10.1 Å². The zero-order valence-electron chi connectivity index (χ0n) is 13.7. The molecule has 136 valence electrons. The third-order valence-electron chi connectivity index (χ3n) is 4.72. The highest BCUT2D eigenvalue weighted by Crippen LogP contribution is 2.31. The van der Waals surface area contributed by atoms with Gasteiger partial charge in [0.2, 0.25) is 5.91 Å². The first kappa shape index (κ1) is 18.8. The molecule has 1 aliphatic carbocycles. The fourth-order valence-corrected chi connectivity index (χ4v) is 4.07. The van der Waals surface area contributed by atoms with Crippen LogP contribution < -0.4 is 10.6 Å². The summed E-state index contributed by atoms with van der Waals surface area (Å²) in [7, 11) is 0. The minimum absolute atomic E-state index is 0.0822. The van der Waals surface area contributed by atoms with Crippen LogP contribution in [0.3, 0.4) is 0 Å². The molecule has 1 heterocycles. The molecule has 1 saturated carbocycles. The number of nitrogens with one attached hydrogen (secondary N) is 2. The summed E-state index contributed by atoms with van der Waals surface area (Å²) in [5.41, 5.74) is 0. The normalized spacial score (nSPS) is 26.7. The number of unbranched alkanes of at least 4 members (excludes halogenated alkanes) is 1. The van der Waals surface area contributed by atoms with E-state index in [0.717, 1.165) is 56.7 Å². The average Bonchev–Trinajstić information content (AvgIpc) is 3.00. The van der Waals surface area contributed by atoms with E-state index >= 15 is 0 Å². The molecule has 0 aromatic heterocycles. The van der Waals surface area contributed by atoms with Gasteiger partial charge in [0, 0.05) is 12.3 Å². The molecule has 1 atom stereocenters. The maximum Gasteiger partial charge on any atom is 0.294 e. The number of hydrogen-bond acceptors (Lipinski definition) is 6. The van der Waals surface area contributed by atoms with E-state index in [2.05, 4.69) is 15.5 Å². The fraction of sp³-hybridized carbons (Fsp3) is 0.867. The Morgan fingerprint density at radius 2 is 2.00 bits per heavy atom. The summed E-state index contributed by atoms with van der Waals surface area (Å²) in [5.74, 6) is 1.62. The van der Waals surface area contributed by atoms with Gasteiger partial charge in [0.25, 0.3) is 10.3 Å². The molecule has 0 unspecified atom stereocenters. The minimum Gasteiger partial charge on any atom is -0.354 e. The van der Waals surface area contributed by atoms with Crippen molar-refractivity contribution in [1.82, 2.24) is 10.6 Å². The number of carbonyl (C=O) groups is 2. The summed E-state index contributed by atoms with van der Waals surface area (Å²) >= 11 is 1.15. The molecule has 9 heteroatoms. The summed E-state index contributed by atoms with van der Waals surface area (Å²) in [5, 5.41) is 14.8. The Bertz CT molecular complexity index is 454. The van der Waals surface area contributed by atoms with E-state index in [1.165, 1.54) is 0 Å². The lowest BCUT2D eigenvalue weighted by molar-refractivity contribution is -0.757. The Kier molecular flexibility index (Phi) is 7.61. The third-order valence-corrected chi connectivity index (χ3v) is 5.60. The maximum absolute atomic E-state index is 11.9. The molecule has 2 fully saturated rings. The number of nitrogens with zero attached hydrogens (tertiary/aromatic N) is 1. The maximum atomic E-state index is 11.9. The molecule has 2 N–H and O–H groups in total. The van der Waals surface area contributed by atoms with Crippen LogP contribution in [-0.4, -0.2) is 41.2 Å². The van der Waals surface area contributed by atoms with E-state index in [0.29, 0.717) is 24.1 Å². The zero-order valence-corrected chi connectivity index (χ0v) is 14.5. The van der Waals surface area contributed by atoms with Crippen molar-refractivity contribution >= 4 is 22.9 Å². The van der Waals surface area contributed by atoms with Crippen LogP contribution in [-0.2, 0) is 9.63 Å². The van der Waals surface area contributed by atoms with Gasteiger partial charge in [0.1, 0.15) is 6.04 Å². The Hall–Kier alpha value is -1.51. The van der Waals surface area contributed by atoms with Gasteiger partial charge in [0.05, 0.1) is 6.61 Å². The van der Waals surface area contributed by atoms with E-state index in [1.807, 2.05) is 0 Å². The molecule has 2 aliphatic rings. The van der Waals surface area contributed by atoms with E-state index in [1.54, 1.807) is 0 Å². The Labute approximate surface area is 145 Å². The second kappa shape index (κ2) is 9.71. The predicted octanol–water partition coefficient (Wildman–Crippen LogP) is 2.11. The molecule has 1 saturated heterocycles. The van der Waals surface area contributed by atoms with Crippen LogP contribution in [0.25, 0.3) is 0 Å². The van der Waals surface area contributed by atoms with Crippen molar-refractivity contribution in [2.24, 2.45) is 11.8 Å². The molecular weight excluding hydrogens is 334 g/mol. The number of thioether (sulfide) groups is 1. The lowest BCUT2D eigenvalue weighted by atomic mass is 9.80. The second-order valence-corrected chi connectivity index (χ2v) is 7.47. The van der Waals surface area contributed by atoms with Crippen molar-refractivity contribution in [1.29, 1.82) is 0 Å². The highest BCUT2D eigenvalue weighted by atomic mass is 32.2. The smallest absolute Gasteiger partial charge is 0.294 e. The summed E-state index contributed by atoms with van der Waals surface area (Å²) in [6.45, 7) is 0.865. The van der Waals surface area contributed by atoms with Gasteiger partial charge in [-0.05, 0) is 31.1 Å². The molecule has 8 nitrogen and oxygen atoms in total. The summed E-state index contributed by atoms with van der Waals surface area (Å²) < 4.78 is 0. The zero-order chi connectivity index (χ0) is 17.4. The van der Waals surface area contributed by atoms with Crippen molar-refractivity contribution < 1.29 is 19.5 Å².